The van der Waals surface area contributed by atoms with Crippen molar-refractivity contribution in [3.8, 4) is 22.6 Å². The summed E-state index contributed by atoms with van der Waals surface area (Å²) in [6.45, 7) is 2.90. The third-order valence-electron chi connectivity index (χ3n) is 6.74. The molecule has 0 radical (unpaired) electrons. The molecule has 1 unspecified atom stereocenters. The van der Waals surface area contributed by atoms with Gasteiger partial charge in [0, 0.05) is 22.8 Å². The van der Waals surface area contributed by atoms with Crippen LogP contribution in [0.25, 0.3) is 11.1 Å². The second-order valence-corrected chi connectivity index (χ2v) is 10.3. The first kappa shape index (κ1) is 29.7. The van der Waals surface area contributed by atoms with Crippen molar-refractivity contribution in [2.45, 2.75) is 45.1 Å². The summed E-state index contributed by atoms with van der Waals surface area (Å²) in [7, 11) is 0. The van der Waals surface area contributed by atoms with Crippen LogP contribution < -0.4 is 15.4 Å². The van der Waals surface area contributed by atoms with Crippen molar-refractivity contribution >= 4 is 29.2 Å². The fourth-order valence-corrected chi connectivity index (χ4v) is 4.77. The summed E-state index contributed by atoms with van der Waals surface area (Å²) in [6.07, 6.45) is 4.15. The zero-order chi connectivity index (χ0) is 29.0. The molecule has 1 atom stereocenters. The van der Waals surface area contributed by atoms with Gasteiger partial charge in [-0.3, -0.25) is 9.59 Å². The molecule has 4 aromatic carbocycles. The summed E-state index contributed by atoms with van der Waals surface area (Å²) in [5.74, 6) is 0.0380. The highest BCUT2D eigenvalue weighted by Crippen LogP contribution is 2.34. The summed E-state index contributed by atoms with van der Waals surface area (Å²) in [6, 6.07) is 29.2. The lowest BCUT2D eigenvalue weighted by Crippen LogP contribution is -2.30. The zero-order valence-corrected chi connectivity index (χ0v) is 23.9. The van der Waals surface area contributed by atoms with E-state index in [0.29, 0.717) is 27.6 Å². The summed E-state index contributed by atoms with van der Waals surface area (Å²) in [5.41, 5.74) is 3.54. The molecule has 0 saturated carbocycles. The van der Waals surface area contributed by atoms with Gasteiger partial charge in [-0.15, -0.1) is 0 Å². The molecule has 7 heteroatoms. The number of anilines is 1. The highest BCUT2D eigenvalue weighted by atomic mass is 35.5. The molecular weight excluding hydrogens is 536 g/mol. The van der Waals surface area contributed by atoms with Crippen LogP contribution in [0.2, 0.25) is 5.02 Å². The second-order valence-electron chi connectivity index (χ2n) is 9.83. The normalized spacial score (nSPS) is 11.5. The molecule has 4 rings (SSSR count). The standard InChI is InChI=1S/C34H35ClN2O4/c1-2-3-4-10-21-36-30-20-19-26(35)22-29(30)34(40)37-31(23-33(38)39)25-17-15-24(16-18-25)28-13-8-9-14-32(28)41-27-11-6-5-7-12-27/h5-9,11-20,22,31,36H,2-4,10,21,23H2,1H3,(H,37,40)(H,38,39). The van der Waals surface area contributed by atoms with Gasteiger partial charge >= 0.3 is 5.97 Å². The van der Waals surface area contributed by atoms with Crippen molar-refractivity contribution in [1.82, 2.24) is 5.32 Å². The third kappa shape index (κ3) is 8.60. The van der Waals surface area contributed by atoms with Gasteiger partial charge in [0.15, 0.2) is 0 Å². The van der Waals surface area contributed by atoms with Crippen LogP contribution >= 0.6 is 11.6 Å². The van der Waals surface area contributed by atoms with E-state index >= 15 is 0 Å². The number of unbranched alkanes of at least 4 members (excludes halogenated alkanes) is 3. The van der Waals surface area contributed by atoms with E-state index in [1.165, 1.54) is 0 Å². The van der Waals surface area contributed by atoms with Gasteiger partial charge in [-0.05, 0) is 53.9 Å². The number of nitrogens with one attached hydrogen (secondary N) is 2. The van der Waals surface area contributed by atoms with Gasteiger partial charge < -0.3 is 20.5 Å². The molecule has 0 saturated heterocycles. The predicted octanol–water partition coefficient (Wildman–Crippen LogP) is 8.74. The average Bonchev–Trinajstić information content (AvgIpc) is 2.98. The Balaban J connectivity index is 1.53. The minimum absolute atomic E-state index is 0.265. The molecule has 0 aromatic heterocycles. The number of carboxylic acid groups (broad SMARTS) is 1. The Morgan fingerprint density at radius 1 is 0.878 bits per heavy atom. The zero-order valence-electron chi connectivity index (χ0n) is 23.1. The lowest BCUT2D eigenvalue weighted by atomic mass is 9.98. The van der Waals surface area contributed by atoms with Crippen LogP contribution in [0.3, 0.4) is 0 Å². The molecule has 0 aliphatic carbocycles. The van der Waals surface area contributed by atoms with Crippen LogP contribution in [0, 0.1) is 0 Å². The first-order chi connectivity index (χ1) is 19.9. The number of carbonyl (C=O) groups excluding carboxylic acids is 1. The molecule has 41 heavy (non-hydrogen) atoms. The summed E-state index contributed by atoms with van der Waals surface area (Å²) in [5, 5.41) is 16.3. The summed E-state index contributed by atoms with van der Waals surface area (Å²) >= 11 is 6.23. The molecule has 0 spiro atoms. The van der Waals surface area contributed by atoms with Crippen LogP contribution in [0.4, 0.5) is 5.69 Å². The fraction of sp³-hybridized carbons (Fsp3) is 0.235. The molecule has 0 aliphatic heterocycles. The number of amides is 1. The molecule has 0 bridgehead atoms. The van der Waals surface area contributed by atoms with Crippen molar-refractivity contribution in [3.05, 3.63) is 113 Å². The number of para-hydroxylation sites is 2. The Kier molecular flexibility index (Phi) is 10.8. The van der Waals surface area contributed by atoms with Gasteiger partial charge in [-0.2, -0.15) is 0 Å². The largest absolute Gasteiger partial charge is 0.481 e. The van der Waals surface area contributed by atoms with Crippen molar-refractivity contribution in [2.75, 3.05) is 11.9 Å². The van der Waals surface area contributed by atoms with Crippen LogP contribution in [0.1, 0.15) is 61.0 Å². The van der Waals surface area contributed by atoms with Crippen LogP contribution in [0.5, 0.6) is 11.5 Å². The fourth-order valence-electron chi connectivity index (χ4n) is 4.60. The molecule has 6 nitrogen and oxygen atoms in total. The number of hydrogen-bond acceptors (Lipinski definition) is 4. The number of aliphatic carboxylic acids is 1. The number of halogens is 1. The molecule has 3 N–H and O–H groups in total. The number of carboxylic acids is 1. The third-order valence-corrected chi connectivity index (χ3v) is 6.97. The Bertz CT molecular complexity index is 1440. The van der Waals surface area contributed by atoms with E-state index in [9.17, 15) is 14.7 Å². The minimum Gasteiger partial charge on any atom is -0.481 e. The Labute approximate surface area is 246 Å². The van der Waals surface area contributed by atoms with E-state index in [4.69, 9.17) is 16.3 Å². The molecule has 0 fully saturated rings. The maximum absolute atomic E-state index is 13.4. The van der Waals surface area contributed by atoms with Gasteiger partial charge in [-0.1, -0.05) is 98.5 Å². The van der Waals surface area contributed by atoms with Crippen molar-refractivity contribution in [2.24, 2.45) is 0 Å². The van der Waals surface area contributed by atoms with Gasteiger partial charge in [-0.25, -0.2) is 0 Å². The number of carbonyl (C=O) groups is 2. The van der Waals surface area contributed by atoms with Gasteiger partial charge in [0.2, 0.25) is 0 Å². The average molecular weight is 571 g/mol. The van der Waals surface area contributed by atoms with Crippen molar-refractivity contribution < 1.29 is 19.4 Å². The monoisotopic (exact) mass is 570 g/mol. The SMILES string of the molecule is CCCCCCNc1ccc(Cl)cc1C(=O)NC(CC(=O)O)c1ccc(-c2ccccc2Oc2ccccc2)cc1. The Hall–Kier alpha value is -4.29. The van der Waals surface area contributed by atoms with E-state index in [1.807, 2.05) is 78.9 Å². The minimum atomic E-state index is -1.01. The molecule has 212 valence electrons. The van der Waals surface area contributed by atoms with E-state index in [1.54, 1.807) is 18.2 Å². The van der Waals surface area contributed by atoms with E-state index in [-0.39, 0.29) is 12.3 Å². The summed E-state index contributed by atoms with van der Waals surface area (Å²) < 4.78 is 6.11. The van der Waals surface area contributed by atoms with Gasteiger partial charge in [0.05, 0.1) is 18.0 Å². The lowest BCUT2D eigenvalue weighted by Gasteiger charge is -2.20. The first-order valence-electron chi connectivity index (χ1n) is 13.9. The Morgan fingerprint density at radius 3 is 2.34 bits per heavy atom. The smallest absolute Gasteiger partial charge is 0.305 e. The van der Waals surface area contributed by atoms with Crippen molar-refractivity contribution in [1.29, 1.82) is 0 Å². The molecule has 0 aliphatic rings. The first-order valence-corrected chi connectivity index (χ1v) is 14.3. The van der Waals surface area contributed by atoms with Crippen LogP contribution in [0.15, 0.2) is 97.1 Å². The second kappa shape index (κ2) is 14.9. The topological polar surface area (TPSA) is 87.7 Å². The quantitative estimate of drug-likeness (QED) is 0.132. The van der Waals surface area contributed by atoms with E-state index < -0.39 is 12.0 Å². The maximum atomic E-state index is 13.4. The number of rotatable bonds is 14. The number of benzene rings is 4. The predicted molar refractivity (Wildman–Crippen MR) is 165 cm³/mol. The van der Waals surface area contributed by atoms with Gasteiger partial charge in [0.1, 0.15) is 11.5 Å². The highest BCUT2D eigenvalue weighted by Gasteiger charge is 2.21. The molecular formula is C34H35ClN2O4. The van der Waals surface area contributed by atoms with E-state index in [0.717, 1.165) is 49.1 Å². The highest BCUT2D eigenvalue weighted by molar-refractivity contribution is 6.31. The van der Waals surface area contributed by atoms with Gasteiger partial charge in [0.25, 0.3) is 5.91 Å². The molecule has 1 amide bonds. The number of hydrogen-bond donors (Lipinski definition) is 3. The Morgan fingerprint density at radius 2 is 1.61 bits per heavy atom. The van der Waals surface area contributed by atoms with Crippen LogP contribution in [-0.2, 0) is 4.79 Å². The molecule has 0 heterocycles. The van der Waals surface area contributed by atoms with E-state index in [2.05, 4.69) is 17.6 Å². The molecule has 4 aromatic rings. The number of ether oxygens (including phenoxy) is 1. The maximum Gasteiger partial charge on any atom is 0.305 e. The lowest BCUT2D eigenvalue weighted by molar-refractivity contribution is -0.137. The summed E-state index contributed by atoms with van der Waals surface area (Å²) in [4.78, 5) is 25.2. The van der Waals surface area contributed by atoms with Crippen LogP contribution in [-0.4, -0.2) is 23.5 Å². The van der Waals surface area contributed by atoms with Crippen molar-refractivity contribution in [3.63, 3.8) is 0 Å².